The first-order valence-electron chi connectivity index (χ1n) is 10.1. The van der Waals surface area contributed by atoms with Crippen LogP contribution >= 0.6 is 0 Å². The lowest BCUT2D eigenvalue weighted by Gasteiger charge is -2.33. The van der Waals surface area contributed by atoms with Gasteiger partial charge in [0.2, 0.25) is 0 Å². The molecule has 0 bridgehead atoms. The molecule has 11 nitrogen and oxygen atoms in total. The van der Waals surface area contributed by atoms with Gasteiger partial charge in [-0.2, -0.15) is 5.10 Å². The van der Waals surface area contributed by atoms with Crippen molar-refractivity contribution in [2.24, 2.45) is 5.73 Å². The Morgan fingerprint density at radius 1 is 1.31 bits per heavy atom. The van der Waals surface area contributed by atoms with Crippen LogP contribution in [-0.4, -0.2) is 72.0 Å². The number of carbonyl (C=O) groups excluding carboxylic acids is 1. The quantitative estimate of drug-likeness (QED) is 0.541. The van der Waals surface area contributed by atoms with Gasteiger partial charge in [-0.3, -0.25) is 9.48 Å². The molecule has 3 aromatic rings. The molecule has 4 N–H and O–H groups in total. The number of fused-ring (bicyclic) bond motifs is 1. The Hall–Kier alpha value is -3.83. The van der Waals surface area contributed by atoms with Gasteiger partial charge in [-0.1, -0.05) is 0 Å². The van der Waals surface area contributed by atoms with E-state index >= 15 is 0 Å². The van der Waals surface area contributed by atoms with Gasteiger partial charge in [-0.05, 0) is 19.9 Å². The van der Waals surface area contributed by atoms with Crippen LogP contribution in [0.3, 0.4) is 0 Å². The lowest BCUT2D eigenvalue weighted by molar-refractivity contribution is 0.1000. The summed E-state index contributed by atoms with van der Waals surface area (Å²) in [5, 5.41) is 16.8. The van der Waals surface area contributed by atoms with E-state index in [2.05, 4.69) is 25.4 Å². The first-order valence-corrected chi connectivity index (χ1v) is 10.1. The van der Waals surface area contributed by atoms with Gasteiger partial charge in [0.05, 0.1) is 23.5 Å². The standard InChI is InChI=1S/C20H23FN8O3/c1-3-29-8-14(10(2)27-29)15-5-13(18(22)30)16-17(26-15)19(24-9-23-16)25-12-4-11(21)6-28(7-12)20(31)32/h5,8-9,11-12H,3-4,6-7H2,1-2H3,(H2,22,30)(H,31,32)(H,23,24,25)/t11-,12-/m0/s1. The number of piperidine rings is 1. The molecule has 0 aromatic carbocycles. The number of aryl methyl sites for hydroxylation is 2. The van der Waals surface area contributed by atoms with Crippen molar-refractivity contribution >= 4 is 28.9 Å². The second-order valence-electron chi connectivity index (χ2n) is 7.68. The number of halogens is 1. The molecule has 1 saturated heterocycles. The maximum absolute atomic E-state index is 14.1. The van der Waals surface area contributed by atoms with Gasteiger partial charge in [-0.15, -0.1) is 0 Å². The molecule has 0 saturated carbocycles. The van der Waals surface area contributed by atoms with Crippen LogP contribution in [0.2, 0.25) is 0 Å². The number of carboxylic acid groups (broad SMARTS) is 1. The van der Waals surface area contributed by atoms with Crippen molar-refractivity contribution in [1.82, 2.24) is 29.6 Å². The first-order chi connectivity index (χ1) is 15.3. The minimum atomic E-state index is -1.31. The molecule has 12 heteroatoms. The van der Waals surface area contributed by atoms with Crippen molar-refractivity contribution in [3.8, 4) is 11.3 Å². The summed E-state index contributed by atoms with van der Waals surface area (Å²) in [5.74, 6) is -0.410. The van der Waals surface area contributed by atoms with Crippen LogP contribution in [0, 0.1) is 6.92 Å². The lowest BCUT2D eigenvalue weighted by atomic mass is 10.0. The van der Waals surface area contributed by atoms with Crippen molar-refractivity contribution < 1.29 is 19.1 Å². The normalized spacial score (nSPS) is 18.7. The van der Waals surface area contributed by atoms with E-state index in [1.165, 1.54) is 6.33 Å². The number of aromatic nitrogens is 5. The summed E-state index contributed by atoms with van der Waals surface area (Å²) in [7, 11) is 0. The molecule has 1 aliphatic rings. The van der Waals surface area contributed by atoms with Gasteiger partial charge >= 0.3 is 6.09 Å². The molecule has 3 aromatic heterocycles. The third-order valence-electron chi connectivity index (χ3n) is 5.41. The van der Waals surface area contributed by atoms with Crippen LogP contribution in [0.15, 0.2) is 18.6 Å². The van der Waals surface area contributed by atoms with Crippen molar-refractivity contribution in [3.63, 3.8) is 0 Å². The summed E-state index contributed by atoms with van der Waals surface area (Å²) >= 11 is 0. The van der Waals surface area contributed by atoms with Gasteiger partial charge in [-0.25, -0.2) is 24.1 Å². The molecule has 168 valence electrons. The minimum Gasteiger partial charge on any atom is -0.465 e. The predicted octanol–water partition coefficient (Wildman–Crippen LogP) is 1.82. The van der Waals surface area contributed by atoms with Gasteiger partial charge in [0.1, 0.15) is 23.5 Å². The highest BCUT2D eigenvalue weighted by atomic mass is 19.1. The molecule has 1 aliphatic heterocycles. The lowest BCUT2D eigenvalue weighted by Crippen LogP contribution is -2.49. The molecule has 32 heavy (non-hydrogen) atoms. The maximum atomic E-state index is 14.1. The number of nitrogens with one attached hydrogen (secondary N) is 1. The summed E-state index contributed by atoms with van der Waals surface area (Å²) in [6, 6.07) is 1.04. The molecule has 2 amide bonds. The Morgan fingerprint density at radius 3 is 2.75 bits per heavy atom. The van der Waals surface area contributed by atoms with Crippen LogP contribution in [0.1, 0.15) is 29.4 Å². The maximum Gasteiger partial charge on any atom is 0.407 e. The summed E-state index contributed by atoms with van der Waals surface area (Å²) in [6.45, 7) is 4.37. The third kappa shape index (κ3) is 4.03. The summed E-state index contributed by atoms with van der Waals surface area (Å²) in [4.78, 5) is 37.6. The average Bonchev–Trinajstić information content (AvgIpc) is 3.13. The fourth-order valence-corrected chi connectivity index (χ4v) is 3.89. The second kappa shape index (κ2) is 8.36. The molecule has 0 unspecified atom stereocenters. The fourth-order valence-electron chi connectivity index (χ4n) is 3.89. The molecule has 4 rings (SSSR count). The molecule has 1 fully saturated rings. The number of alkyl halides is 1. The highest BCUT2D eigenvalue weighted by Gasteiger charge is 2.30. The van der Waals surface area contributed by atoms with Crippen LogP contribution in [0.25, 0.3) is 22.3 Å². The molecular formula is C20H23FN8O3. The van der Waals surface area contributed by atoms with E-state index < -0.39 is 24.2 Å². The largest absolute Gasteiger partial charge is 0.465 e. The van der Waals surface area contributed by atoms with E-state index in [0.29, 0.717) is 12.2 Å². The van der Waals surface area contributed by atoms with Gasteiger partial charge < -0.3 is 21.1 Å². The Labute approximate surface area is 182 Å². The number of pyridine rings is 1. The number of hydrogen-bond acceptors (Lipinski definition) is 7. The van der Waals surface area contributed by atoms with Crippen molar-refractivity contribution in [2.45, 2.75) is 39.0 Å². The minimum absolute atomic E-state index is 0.0893. The average molecular weight is 442 g/mol. The first kappa shape index (κ1) is 21.4. The highest BCUT2D eigenvalue weighted by molar-refractivity contribution is 6.06. The molecule has 0 spiro atoms. The number of rotatable bonds is 5. The van der Waals surface area contributed by atoms with E-state index in [-0.39, 0.29) is 41.9 Å². The number of nitrogens with two attached hydrogens (primary N) is 1. The summed E-state index contributed by atoms with van der Waals surface area (Å²) in [5.41, 5.74) is 8.24. The van der Waals surface area contributed by atoms with E-state index in [1.54, 1.807) is 10.7 Å². The number of amides is 2. The van der Waals surface area contributed by atoms with Gasteiger partial charge in [0.25, 0.3) is 5.91 Å². The van der Waals surface area contributed by atoms with Crippen LogP contribution in [0.4, 0.5) is 15.0 Å². The molecule has 0 aliphatic carbocycles. The van der Waals surface area contributed by atoms with E-state index in [1.807, 2.05) is 20.0 Å². The van der Waals surface area contributed by atoms with Crippen LogP contribution in [0.5, 0.6) is 0 Å². The Morgan fingerprint density at radius 2 is 2.09 bits per heavy atom. The fraction of sp³-hybridized carbons (Fsp3) is 0.400. The smallest absolute Gasteiger partial charge is 0.407 e. The zero-order valence-corrected chi connectivity index (χ0v) is 17.6. The number of hydrogen-bond donors (Lipinski definition) is 3. The number of nitrogens with zero attached hydrogens (tertiary/aromatic N) is 6. The predicted molar refractivity (Wildman–Crippen MR) is 114 cm³/mol. The van der Waals surface area contributed by atoms with Crippen LogP contribution < -0.4 is 11.1 Å². The molecule has 2 atom stereocenters. The highest BCUT2D eigenvalue weighted by Crippen LogP contribution is 2.29. The van der Waals surface area contributed by atoms with Gasteiger partial charge in [0, 0.05) is 37.3 Å². The molecule has 0 radical (unpaired) electrons. The topological polar surface area (TPSA) is 152 Å². The number of anilines is 1. The van der Waals surface area contributed by atoms with Gasteiger partial charge in [0.15, 0.2) is 5.82 Å². The number of primary amides is 1. The van der Waals surface area contributed by atoms with Crippen molar-refractivity contribution in [3.05, 3.63) is 29.8 Å². The number of carbonyl (C=O) groups is 2. The van der Waals surface area contributed by atoms with E-state index in [0.717, 1.165) is 16.2 Å². The zero-order chi connectivity index (χ0) is 23.0. The zero-order valence-electron chi connectivity index (χ0n) is 17.6. The van der Waals surface area contributed by atoms with Crippen molar-refractivity contribution in [2.75, 3.05) is 18.4 Å². The Kier molecular flexibility index (Phi) is 5.59. The number of likely N-dealkylation sites (tertiary alicyclic amines) is 1. The summed E-state index contributed by atoms with van der Waals surface area (Å²) < 4.78 is 15.9. The van der Waals surface area contributed by atoms with E-state index in [9.17, 15) is 19.1 Å². The summed E-state index contributed by atoms with van der Waals surface area (Å²) in [6.07, 6.45) is 0.693. The van der Waals surface area contributed by atoms with Crippen LogP contribution in [-0.2, 0) is 6.54 Å². The monoisotopic (exact) mass is 442 g/mol. The SMILES string of the molecule is CCn1cc(-c2cc(C(N)=O)c3ncnc(N[C@H]4C[C@H](F)CN(C(=O)O)C4)c3n2)c(C)n1. The third-order valence-corrected chi connectivity index (χ3v) is 5.41. The second-order valence-corrected chi connectivity index (χ2v) is 7.68. The molecular weight excluding hydrogens is 419 g/mol. The van der Waals surface area contributed by atoms with Crippen molar-refractivity contribution in [1.29, 1.82) is 0 Å². The van der Waals surface area contributed by atoms with E-state index in [4.69, 9.17) is 5.73 Å². The molecule has 4 heterocycles. The Balaban J connectivity index is 1.80. The Bertz CT molecular complexity index is 1200.